The van der Waals surface area contributed by atoms with Crippen LogP contribution in [0, 0.1) is 0 Å². The van der Waals surface area contributed by atoms with Crippen molar-refractivity contribution in [2.75, 3.05) is 39.5 Å². The average molecular weight is 354 g/mol. The third-order valence-corrected chi connectivity index (χ3v) is 3.23. The highest BCUT2D eigenvalue weighted by molar-refractivity contribution is 5.94. The van der Waals surface area contributed by atoms with E-state index >= 15 is 0 Å². The molecule has 0 aliphatic carbocycles. The molecular weight excluding hydrogens is 332 g/mol. The Morgan fingerprint density at radius 3 is 1.80 bits per heavy atom. The van der Waals surface area contributed by atoms with Gasteiger partial charge >= 0.3 is 11.9 Å². The maximum absolute atomic E-state index is 12.5. The van der Waals surface area contributed by atoms with Crippen LogP contribution < -0.4 is 5.73 Å². The number of nitrogens with two attached hydrogens (primary N) is 1. The quantitative estimate of drug-likeness (QED) is 0.439. The van der Waals surface area contributed by atoms with Crippen molar-refractivity contribution in [3.63, 3.8) is 0 Å². The summed E-state index contributed by atoms with van der Waals surface area (Å²) < 4.78 is 9.49. The highest BCUT2D eigenvalue weighted by Gasteiger charge is 2.17. The number of ether oxygens (including phenoxy) is 2. The van der Waals surface area contributed by atoms with Crippen LogP contribution >= 0.6 is 0 Å². The number of carbonyl (C=O) groups excluding carboxylic acids is 3. The molecule has 1 rings (SSSR count). The largest absolute Gasteiger partial charge is 0.462 e. The summed E-state index contributed by atoms with van der Waals surface area (Å²) in [5, 5.41) is 17.2. The molecule has 25 heavy (non-hydrogen) atoms. The van der Waals surface area contributed by atoms with Gasteiger partial charge in [0.05, 0.1) is 13.1 Å². The Bertz CT molecular complexity index is 552. The van der Waals surface area contributed by atoms with Crippen molar-refractivity contribution in [2.45, 2.75) is 6.54 Å². The predicted octanol–water partition coefficient (Wildman–Crippen LogP) is -1.34. The lowest BCUT2D eigenvalue weighted by Crippen LogP contribution is -2.37. The van der Waals surface area contributed by atoms with Crippen molar-refractivity contribution in [2.24, 2.45) is 5.73 Å². The third kappa shape index (κ3) is 7.29. The zero-order valence-corrected chi connectivity index (χ0v) is 13.7. The standard InChI is InChI=1S/C16H22N2O7/c17-9-12-1-3-13(4-2-12)16(23)18(5-7-24-14(21)10-19)6-8-25-15(22)11-20/h1-4,19-20H,5-11,17H2. The van der Waals surface area contributed by atoms with E-state index in [0.717, 1.165) is 5.56 Å². The van der Waals surface area contributed by atoms with Crippen LogP contribution in [0.15, 0.2) is 24.3 Å². The molecule has 138 valence electrons. The molecule has 0 atom stereocenters. The molecule has 4 N–H and O–H groups in total. The number of benzene rings is 1. The maximum Gasteiger partial charge on any atom is 0.331 e. The second kappa shape index (κ2) is 11.1. The molecule has 0 spiro atoms. The summed E-state index contributed by atoms with van der Waals surface area (Å²) >= 11 is 0. The van der Waals surface area contributed by atoms with Crippen molar-refractivity contribution < 1.29 is 34.1 Å². The molecule has 9 heteroatoms. The zero-order valence-electron chi connectivity index (χ0n) is 13.7. The highest BCUT2D eigenvalue weighted by Crippen LogP contribution is 2.08. The monoisotopic (exact) mass is 354 g/mol. The third-order valence-electron chi connectivity index (χ3n) is 3.23. The van der Waals surface area contributed by atoms with Gasteiger partial charge in [0.2, 0.25) is 0 Å². The highest BCUT2D eigenvalue weighted by atomic mass is 16.5. The van der Waals surface area contributed by atoms with Crippen LogP contribution in [0.4, 0.5) is 0 Å². The molecule has 0 saturated heterocycles. The molecular formula is C16H22N2O7. The summed E-state index contributed by atoms with van der Waals surface area (Å²) in [5.74, 6) is -1.94. The Hall–Kier alpha value is -2.49. The molecule has 0 heterocycles. The molecule has 0 unspecified atom stereocenters. The van der Waals surface area contributed by atoms with Crippen LogP contribution in [0.3, 0.4) is 0 Å². The summed E-state index contributed by atoms with van der Waals surface area (Å²) in [6.45, 7) is -1.25. The van der Waals surface area contributed by atoms with Crippen LogP contribution in [0.25, 0.3) is 0 Å². The van der Waals surface area contributed by atoms with Gasteiger partial charge in [-0.3, -0.25) is 4.79 Å². The predicted molar refractivity (Wildman–Crippen MR) is 86.3 cm³/mol. The van der Waals surface area contributed by atoms with E-state index in [0.29, 0.717) is 12.1 Å². The van der Waals surface area contributed by atoms with Gasteiger partial charge in [0.25, 0.3) is 5.91 Å². The second-order valence-corrected chi connectivity index (χ2v) is 4.95. The fourth-order valence-electron chi connectivity index (χ4n) is 1.91. The number of hydrogen-bond donors (Lipinski definition) is 3. The Kier molecular flexibility index (Phi) is 9.15. The first-order valence-electron chi connectivity index (χ1n) is 7.63. The number of rotatable bonds is 10. The van der Waals surface area contributed by atoms with Crippen molar-refractivity contribution in [1.29, 1.82) is 0 Å². The summed E-state index contributed by atoms with van der Waals surface area (Å²) in [6, 6.07) is 6.69. The number of esters is 2. The lowest BCUT2D eigenvalue weighted by Gasteiger charge is -2.22. The maximum atomic E-state index is 12.5. The van der Waals surface area contributed by atoms with Crippen LogP contribution in [-0.2, 0) is 25.6 Å². The van der Waals surface area contributed by atoms with Crippen molar-refractivity contribution in [3.05, 3.63) is 35.4 Å². The van der Waals surface area contributed by atoms with E-state index in [1.165, 1.54) is 4.90 Å². The molecule has 1 amide bonds. The molecule has 0 bridgehead atoms. The molecule has 1 aromatic carbocycles. The summed E-state index contributed by atoms with van der Waals surface area (Å²) in [4.78, 5) is 35.8. The van der Waals surface area contributed by atoms with E-state index < -0.39 is 25.2 Å². The first-order valence-corrected chi connectivity index (χ1v) is 7.63. The van der Waals surface area contributed by atoms with E-state index in [4.69, 9.17) is 25.4 Å². The SMILES string of the molecule is NCc1ccc(C(=O)N(CCOC(=O)CO)CCOC(=O)CO)cc1. The Morgan fingerprint density at radius 2 is 1.40 bits per heavy atom. The van der Waals surface area contributed by atoms with Gasteiger partial charge in [-0.05, 0) is 17.7 Å². The van der Waals surface area contributed by atoms with E-state index in [1.54, 1.807) is 24.3 Å². The minimum Gasteiger partial charge on any atom is -0.462 e. The number of aliphatic hydroxyl groups is 2. The van der Waals surface area contributed by atoms with Gasteiger partial charge in [-0.15, -0.1) is 0 Å². The summed E-state index contributed by atoms with van der Waals surface area (Å²) in [5.41, 5.74) is 6.79. The van der Waals surface area contributed by atoms with Crippen LogP contribution in [0.5, 0.6) is 0 Å². The first-order chi connectivity index (χ1) is 12.0. The minimum atomic E-state index is -0.800. The van der Waals surface area contributed by atoms with E-state index in [2.05, 4.69) is 0 Å². The van der Waals surface area contributed by atoms with Crippen molar-refractivity contribution in [3.8, 4) is 0 Å². The summed E-state index contributed by atoms with van der Waals surface area (Å²) in [6.07, 6.45) is 0. The molecule has 1 aromatic rings. The molecule has 9 nitrogen and oxygen atoms in total. The molecule has 0 aliphatic heterocycles. The molecule has 0 aliphatic rings. The van der Waals surface area contributed by atoms with Crippen molar-refractivity contribution in [1.82, 2.24) is 4.90 Å². The number of amides is 1. The van der Waals surface area contributed by atoms with Crippen LogP contribution in [0.1, 0.15) is 15.9 Å². The number of aliphatic hydroxyl groups excluding tert-OH is 2. The van der Waals surface area contributed by atoms with Crippen LogP contribution in [0.2, 0.25) is 0 Å². The van der Waals surface area contributed by atoms with Gasteiger partial charge < -0.3 is 30.3 Å². The number of hydrogen-bond acceptors (Lipinski definition) is 8. The van der Waals surface area contributed by atoms with Gasteiger partial charge in [0.15, 0.2) is 0 Å². The minimum absolute atomic E-state index is 0.0554. The molecule has 0 fully saturated rings. The number of nitrogens with zero attached hydrogens (tertiary/aromatic N) is 1. The van der Waals surface area contributed by atoms with Gasteiger partial charge in [-0.1, -0.05) is 12.1 Å². The van der Waals surface area contributed by atoms with E-state index in [9.17, 15) is 14.4 Å². The van der Waals surface area contributed by atoms with Crippen molar-refractivity contribution >= 4 is 17.8 Å². The van der Waals surface area contributed by atoms with E-state index in [-0.39, 0.29) is 32.2 Å². The van der Waals surface area contributed by atoms with Gasteiger partial charge in [-0.25, -0.2) is 9.59 Å². The smallest absolute Gasteiger partial charge is 0.331 e. The first kappa shape index (κ1) is 20.6. The fraction of sp³-hybridized carbons (Fsp3) is 0.438. The van der Waals surface area contributed by atoms with Gasteiger partial charge in [-0.2, -0.15) is 0 Å². The van der Waals surface area contributed by atoms with Gasteiger partial charge in [0, 0.05) is 12.1 Å². The second-order valence-electron chi connectivity index (χ2n) is 4.95. The fourth-order valence-corrected chi connectivity index (χ4v) is 1.91. The normalized spacial score (nSPS) is 10.2. The molecule has 0 aromatic heterocycles. The summed E-state index contributed by atoms with van der Waals surface area (Å²) in [7, 11) is 0. The lowest BCUT2D eigenvalue weighted by atomic mass is 10.1. The Morgan fingerprint density at radius 1 is 0.920 bits per heavy atom. The van der Waals surface area contributed by atoms with Gasteiger partial charge in [0.1, 0.15) is 26.4 Å². The molecule has 0 radical (unpaired) electrons. The average Bonchev–Trinajstić information content (AvgIpc) is 2.65. The van der Waals surface area contributed by atoms with Crippen LogP contribution in [-0.4, -0.2) is 72.5 Å². The Labute approximate surface area is 144 Å². The molecule has 0 saturated carbocycles. The zero-order chi connectivity index (χ0) is 18.7. The Balaban J connectivity index is 2.70. The topological polar surface area (TPSA) is 139 Å². The van der Waals surface area contributed by atoms with E-state index in [1.807, 2.05) is 0 Å². The number of carbonyl (C=O) groups is 3. The lowest BCUT2D eigenvalue weighted by molar-refractivity contribution is -0.147.